The number of benzene rings is 2. The molecule has 1 heterocycles. The van der Waals surface area contributed by atoms with Gasteiger partial charge in [-0.05, 0) is 58.4 Å². The Labute approximate surface area is 152 Å². The van der Waals surface area contributed by atoms with Gasteiger partial charge in [0.05, 0.1) is 10.6 Å². The highest BCUT2D eigenvalue weighted by Crippen LogP contribution is 2.32. The first-order chi connectivity index (χ1) is 11.6. The second-order valence-electron chi connectivity index (χ2n) is 5.05. The molecule has 2 N–H and O–H groups in total. The number of amides is 1. The largest absolute Gasteiger partial charge is 0.459 e. The predicted octanol–water partition coefficient (Wildman–Crippen LogP) is 5.11. The van der Waals surface area contributed by atoms with Gasteiger partial charge >= 0.3 is 0 Å². The van der Waals surface area contributed by atoms with E-state index in [-0.39, 0.29) is 12.5 Å². The summed E-state index contributed by atoms with van der Waals surface area (Å²) in [5, 5.41) is 12.3. The van der Waals surface area contributed by atoms with Gasteiger partial charge < -0.3 is 14.8 Å². The van der Waals surface area contributed by atoms with Gasteiger partial charge in [0.1, 0.15) is 18.1 Å². The molecule has 0 bridgehead atoms. The third-order valence-corrected chi connectivity index (χ3v) is 4.43. The van der Waals surface area contributed by atoms with Gasteiger partial charge in [-0.15, -0.1) is 0 Å². The average Bonchev–Trinajstić information content (AvgIpc) is 3.04. The van der Waals surface area contributed by atoms with Crippen molar-refractivity contribution in [3.63, 3.8) is 0 Å². The fraction of sp³-hybridized carbons (Fsp3) is 0.0556. The zero-order valence-corrected chi connectivity index (χ0v) is 14.8. The van der Waals surface area contributed by atoms with Crippen molar-refractivity contribution in [2.45, 2.75) is 6.61 Å². The smallest absolute Gasteiger partial charge is 0.256 e. The SMILES string of the molecule is O=C(Nc1ccc(-c2ccc(CO)o2)c(Cl)c1)c1ccccc1Br. The summed E-state index contributed by atoms with van der Waals surface area (Å²) in [6, 6.07) is 15.8. The van der Waals surface area contributed by atoms with Gasteiger partial charge in [-0.2, -0.15) is 0 Å². The van der Waals surface area contributed by atoms with Gasteiger partial charge in [-0.1, -0.05) is 23.7 Å². The number of aliphatic hydroxyl groups excluding tert-OH is 1. The molecule has 0 atom stereocenters. The first-order valence-electron chi connectivity index (χ1n) is 7.14. The molecule has 1 amide bonds. The predicted molar refractivity (Wildman–Crippen MR) is 97.2 cm³/mol. The summed E-state index contributed by atoms with van der Waals surface area (Å²) in [7, 11) is 0. The van der Waals surface area contributed by atoms with E-state index in [4.69, 9.17) is 21.1 Å². The molecule has 0 fully saturated rings. The van der Waals surface area contributed by atoms with Crippen LogP contribution in [0.15, 0.2) is 63.5 Å². The summed E-state index contributed by atoms with van der Waals surface area (Å²) < 4.78 is 6.20. The van der Waals surface area contributed by atoms with Crippen LogP contribution in [0.4, 0.5) is 5.69 Å². The van der Waals surface area contributed by atoms with E-state index in [9.17, 15) is 4.79 Å². The molecule has 2 aromatic carbocycles. The first kappa shape index (κ1) is 16.8. The second-order valence-corrected chi connectivity index (χ2v) is 6.31. The van der Waals surface area contributed by atoms with Gasteiger partial charge in [-0.3, -0.25) is 4.79 Å². The van der Waals surface area contributed by atoms with Crippen molar-refractivity contribution in [1.82, 2.24) is 0 Å². The molecule has 3 rings (SSSR count). The third-order valence-electron chi connectivity index (χ3n) is 3.43. The van der Waals surface area contributed by atoms with Gasteiger partial charge in [0.25, 0.3) is 5.91 Å². The van der Waals surface area contributed by atoms with Crippen molar-refractivity contribution in [2.75, 3.05) is 5.32 Å². The number of aliphatic hydroxyl groups is 1. The highest BCUT2D eigenvalue weighted by molar-refractivity contribution is 9.10. The molecule has 3 aromatic rings. The van der Waals surface area contributed by atoms with Crippen LogP contribution in [0, 0.1) is 0 Å². The summed E-state index contributed by atoms with van der Waals surface area (Å²) in [4.78, 5) is 12.3. The Morgan fingerprint density at radius 2 is 1.96 bits per heavy atom. The summed E-state index contributed by atoms with van der Waals surface area (Å²) in [5.41, 5.74) is 1.81. The lowest BCUT2D eigenvalue weighted by Gasteiger charge is -2.09. The Kier molecular flexibility index (Phi) is 5.04. The average molecular weight is 407 g/mol. The van der Waals surface area contributed by atoms with E-state index < -0.39 is 0 Å². The maximum Gasteiger partial charge on any atom is 0.256 e. The molecule has 24 heavy (non-hydrogen) atoms. The molecule has 4 nitrogen and oxygen atoms in total. The van der Waals surface area contributed by atoms with E-state index in [1.807, 2.05) is 6.07 Å². The molecule has 1 aromatic heterocycles. The number of hydrogen-bond donors (Lipinski definition) is 2. The molecule has 0 radical (unpaired) electrons. The van der Waals surface area contributed by atoms with E-state index in [1.165, 1.54) is 0 Å². The Morgan fingerprint density at radius 1 is 1.17 bits per heavy atom. The molecule has 0 aliphatic rings. The van der Waals surface area contributed by atoms with Crippen LogP contribution in [-0.4, -0.2) is 11.0 Å². The minimum atomic E-state index is -0.230. The Bertz CT molecular complexity index is 891. The lowest BCUT2D eigenvalue weighted by Crippen LogP contribution is -2.12. The molecule has 0 aliphatic heterocycles. The van der Waals surface area contributed by atoms with Crippen molar-refractivity contribution in [3.05, 3.63) is 75.4 Å². The third kappa shape index (κ3) is 3.53. The lowest BCUT2D eigenvalue weighted by molar-refractivity contribution is 0.102. The zero-order chi connectivity index (χ0) is 17.1. The minimum absolute atomic E-state index is 0.169. The van der Waals surface area contributed by atoms with Gasteiger partial charge in [0.15, 0.2) is 0 Å². The highest BCUT2D eigenvalue weighted by atomic mass is 79.9. The van der Waals surface area contributed by atoms with Crippen molar-refractivity contribution >= 4 is 39.1 Å². The van der Waals surface area contributed by atoms with Gasteiger partial charge in [0, 0.05) is 15.7 Å². The summed E-state index contributed by atoms with van der Waals surface area (Å²) >= 11 is 9.65. The fourth-order valence-corrected chi connectivity index (χ4v) is 2.98. The van der Waals surface area contributed by atoms with Crippen LogP contribution in [0.2, 0.25) is 5.02 Å². The molecule has 0 unspecified atom stereocenters. The van der Waals surface area contributed by atoms with Crippen molar-refractivity contribution in [1.29, 1.82) is 0 Å². The van der Waals surface area contributed by atoms with Crippen LogP contribution in [0.3, 0.4) is 0 Å². The van der Waals surface area contributed by atoms with Gasteiger partial charge in [-0.25, -0.2) is 0 Å². The van der Waals surface area contributed by atoms with E-state index in [0.29, 0.717) is 33.4 Å². The molecule has 0 saturated carbocycles. The topological polar surface area (TPSA) is 62.5 Å². The van der Waals surface area contributed by atoms with Crippen LogP contribution in [0.25, 0.3) is 11.3 Å². The number of hydrogen-bond acceptors (Lipinski definition) is 3. The second kappa shape index (κ2) is 7.21. The van der Waals surface area contributed by atoms with E-state index in [1.54, 1.807) is 48.5 Å². The Balaban J connectivity index is 1.82. The molecular formula is C18H13BrClNO3. The minimum Gasteiger partial charge on any atom is -0.459 e. The van der Waals surface area contributed by atoms with E-state index in [2.05, 4.69) is 21.2 Å². The number of furan rings is 1. The van der Waals surface area contributed by atoms with Crippen LogP contribution >= 0.6 is 27.5 Å². The first-order valence-corrected chi connectivity index (χ1v) is 8.31. The number of anilines is 1. The lowest BCUT2D eigenvalue weighted by atomic mass is 10.1. The summed E-state index contributed by atoms with van der Waals surface area (Å²) in [6.07, 6.45) is 0. The molecule has 0 aliphatic carbocycles. The molecule has 122 valence electrons. The van der Waals surface area contributed by atoms with E-state index in [0.717, 1.165) is 4.47 Å². The fourth-order valence-electron chi connectivity index (χ4n) is 2.24. The molecular weight excluding hydrogens is 394 g/mol. The monoisotopic (exact) mass is 405 g/mol. The number of carbonyl (C=O) groups is 1. The van der Waals surface area contributed by atoms with Crippen molar-refractivity contribution < 1.29 is 14.3 Å². The van der Waals surface area contributed by atoms with Crippen LogP contribution in [-0.2, 0) is 6.61 Å². The van der Waals surface area contributed by atoms with Crippen LogP contribution in [0.5, 0.6) is 0 Å². The molecule has 0 saturated heterocycles. The van der Waals surface area contributed by atoms with Gasteiger partial charge in [0.2, 0.25) is 0 Å². The number of rotatable bonds is 4. The van der Waals surface area contributed by atoms with Crippen molar-refractivity contribution in [2.24, 2.45) is 0 Å². The maximum atomic E-state index is 12.3. The molecule has 6 heteroatoms. The maximum absolute atomic E-state index is 12.3. The standard InChI is InChI=1S/C18H13BrClNO3/c19-15-4-2-1-3-13(15)18(23)21-11-5-7-14(16(20)9-11)17-8-6-12(10-22)24-17/h1-9,22H,10H2,(H,21,23). The zero-order valence-electron chi connectivity index (χ0n) is 12.4. The normalized spacial score (nSPS) is 10.6. The number of nitrogens with one attached hydrogen (secondary N) is 1. The number of carbonyl (C=O) groups excluding carboxylic acids is 1. The Hall–Kier alpha value is -2.08. The summed E-state index contributed by atoms with van der Waals surface area (Å²) in [6.45, 7) is -0.169. The molecule has 0 spiro atoms. The highest BCUT2D eigenvalue weighted by Gasteiger charge is 2.12. The van der Waals surface area contributed by atoms with Crippen LogP contribution < -0.4 is 5.32 Å². The number of halogens is 2. The quantitative estimate of drug-likeness (QED) is 0.633. The summed E-state index contributed by atoms with van der Waals surface area (Å²) in [5.74, 6) is 0.798. The van der Waals surface area contributed by atoms with Crippen LogP contribution in [0.1, 0.15) is 16.1 Å². The Morgan fingerprint density at radius 3 is 2.62 bits per heavy atom. The van der Waals surface area contributed by atoms with E-state index >= 15 is 0 Å². The van der Waals surface area contributed by atoms with Crippen molar-refractivity contribution in [3.8, 4) is 11.3 Å².